The topological polar surface area (TPSA) is 38.9 Å². The SMILES string of the molecule is NCC#Cc1ccccc1CSc1ccc(Br)cn1. The van der Waals surface area contributed by atoms with Gasteiger partial charge in [0.15, 0.2) is 0 Å². The number of benzene rings is 1. The molecule has 0 unspecified atom stereocenters. The minimum absolute atomic E-state index is 0.385. The standard InChI is InChI=1S/C15H13BrN2S/c16-14-7-8-15(18-10-14)19-11-13-5-2-1-4-12(13)6-3-9-17/h1-2,4-5,7-8,10H,9,11,17H2. The average Bonchev–Trinajstić information content (AvgIpc) is 2.45. The van der Waals surface area contributed by atoms with Gasteiger partial charge in [-0.2, -0.15) is 0 Å². The van der Waals surface area contributed by atoms with E-state index in [1.807, 2.05) is 36.5 Å². The maximum Gasteiger partial charge on any atom is 0.0963 e. The van der Waals surface area contributed by atoms with Crippen LogP contribution in [0.1, 0.15) is 11.1 Å². The molecule has 0 aliphatic rings. The molecule has 0 radical (unpaired) electrons. The van der Waals surface area contributed by atoms with Gasteiger partial charge in [0.1, 0.15) is 0 Å². The van der Waals surface area contributed by atoms with Gasteiger partial charge >= 0.3 is 0 Å². The van der Waals surface area contributed by atoms with E-state index in [0.29, 0.717) is 6.54 Å². The summed E-state index contributed by atoms with van der Waals surface area (Å²) in [5, 5.41) is 1.00. The molecular weight excluding hydrogens is 320 g/mol. The van der Waals surface area contributed by atoms with E-state index in [1.54, 1.807) is 11.8 Å². The molecule has 1 aromatic carbocycles. The third-order valence-electron chi connectivity index (χ3n) is 2.42. The molecule has 1 aromatic heterocycles. The number of halogens is 1. The molecule has 2 rings (SSSR count). The molecular formula is C15H13BrN2S. The minimum Gasteiger partial charge on any atom is -0.320 e. The van der Waals surface area contributed by atoms with Gasteiger partial charge in [0.2, 0.25) is 0 Å². The van der Waals surface area contributed by atoms with E-state index in [0.717, 1.165) is 20.8 Å². The second-order valence-electron chi connectivity index (χ2n) is 3.77. The lowest BCUT2D eigenvalue weighted by Gasteiger charge is -2.04. The van der Waals surface area contributed by atoms with Crippen molar-refractivity contribution in [3.05, 3.63) is 58.2 Å². The molecule has 0 atom stereocenters. The van der Waals surface area contributed by atoms with Crippen LogP contribution in [0, 0.1) is 11.8 Å². The van der Waals surface area contributed by atoms with Gasteiger partial charge in [0.25, 0.3) is 0 Å². The van der Waals surface area contributed by atoms with E-state index in [2.05, 4.69) is 38.8 Å². The summed E-state index contributed by atoms with van der Waals surface area (Å²) in [7, 11) is 0. The maximum atomic E-state index is 5.41. The maximum absolute atomic E-state index is 5.41. The van der Waals surface area contributed by atoms with E-state index in [-0.39, 0.29) is 0 Å². The number of rotatable bonds is 3. The van der Waals surface area contributed by atoms with E-state index in [4.69, 9.17) is 5.73 Å². The van der Waals surface area contributed by atoms with E-state index in [9.17, 15) is 0 Å². The lowest BCUT2D eigenvalue weighted by Crippen LogP contribution is -1.94. The number of aromatic nitrogens is 1. The van der Waals surface area contributed by atoms with E-state index in [1.165, 1.54) is 5.56 Å². The number of nitrogens with two attached hydrogens (primary N) is 1. The van der Waals surface area contributed by atoms with Crippen LogP contribution in [0.25, 0.3) is 0 Å². The number of thioether (sulfide) groups is 1. The molecule has 0 saturated heterocycles. The number of nitrogens with zero attached hydrogens (tertiary/aromatic N) is 1. The fourth-order valence-electron chi connectivity index (χ4n) is 1.51. The Morgan fingerprint density at radius 1 is 1.21 bits per heavy atom. The Morgan fingerprint density at radius 2 is 2.05 bits per heavy atom. The molecule has 1 heterocycles. The summed E-state index contributed by atoms with van der Waals surface area (Å²) in [6, 6.07) is 12.1. The summed E-state index contributed by atoms with van der Waals surface area (Å²) in [5.41, 5.74) is 7.66. The van der Waals surface area contributed by atoms with Gasteiger partial charge < -0.3 is 5.73 Å². The lowest BCUT2D eigenvalue weighted by molar-refractivity contribution is 1.12. The molecule has 0 fully saturated rings. The van der Waals surface area contributed by atoms with Gasteiger partial charge in [0, 0.05) is 22.0 Å². The zero-order chi connectivity index (χ0) is 13.5. The Hall–Kier alpha value is -1.28. The van der Waals surface area contributed by atoms with Crippen molar-refractivity contribution in [3.8, 4) is 11.8 Å². The van der Waals surface area contributed by atoms with Crippen LogP contribution in [0.3, 0.4) is 0 Å². The number of pyridine rings is 1. The summed E-state index contributed by atoms with van der Waals surface area (Å²) in [5.74, 6) is 6.85. The molecule has 2 aromatic rings. The van der Waals surface area contributed by atoms with Crippen LogP contribution < -0.4 is 5.73 Å². The quantitative estimate of drug-likeness (QED) is 0.691. The van der Waals surface area contributed by atoms with Crippen LogP contribution in [0.5, 0.6) is 0 Å². The van der Waals surface area contributed by atoms with Gasteiger partial charge in [-0.15, -0.1) is 11.8 Å². The second kappa shape index (κ2) is 7.34. The number of hydrogen-bond acceptors (Lipinski definition) is 3. The van der Waals surface area contributed by atoms with E-state index >= 15 is 0 Å². The Bertz CT molecular complexity index is 600. The first kappa shape index (κ1) is 14.1. The zero-order valence-electron chi connectivity index (χ0n) is 10.3. The van der Waals surface area contributed by atoms with Gasteiger partial charge in [-0.1, -0.05) is 30.0 Å². The molecule has 4 heteroatoms. The van der Waals surface area contributed by atoms with Gasteiger partial charge in [0.05, 0.1) is 11.6 Å². The van der Waals surface area contributed by atoms with Crippen molar-refractivity contribution in [1.29, 1.82) is 0 Å². The smallest absolute Gasteiger partial charge is 0.0963 e. The summed E-state index contributed by atoms with van der Waals surface area (Å²) in [6.45, 7) is 0.385. The summed E-state index contributed by atoms with van der Waals surface area (Å²) in [4.78, 5) is 4.35. The summed E-state index contributed by atoms with van der Waals surface area (Å²) >= 11 is 5.08. The first-order chi connectivity index (χ1) is 9.29. The number of hydrogen-bond donors (Lipinski definition) is 1. The molecule has 19 heavy (non-hydrogen) atoms. The Balaban J connectivity index is 2.09. The lowest BCUT2D eigenvalue weighted by atomic mass is 10.1. The van der Waals surface area contributed by atoms with Gasteiger partial charge in [-0.3, -0.25) is 0 Å². The van der Waals surface area contributed by atoms with Crippen LogP contribution >= 0.6 is 27.7 Å². The molecule has 0 saturated carbocycles. The summed E-state index contributed by atoms with van der Waals surface area (Å²) < 4.78 is 0.992. The Morgan fingerprint density at radius 3 is 2.79 bits per heavy atom. The highest BCUT2D eigenvalue weighted by atomic mass is 79.9. The van der Waals surface area contributed by atoms with Crippen LogP contribution in [0.15, 0.2) is 52.1 Å². The van der Waals surface area contributed by atoms with Crippen molar-refractivity contribution in [3.63, 3.8) is 0 Å². The normalized spacial score (nSPS) is 9.79. The van der Waals surface area contributed by atoms with Crippen molar-refractivity contribution in [2.24, 2.45) is 5.73 Å². The first-order valence-electron chi connectivity index (χ1n) is 5.81. The molecule has 96 valence electrons. The third-order valence-corrected chi connectivity index (χ3v) is 3.88. The van der Waals surface area contributed by atoms with Crippen LogP contribution in [0.4, 0.5) is 0 Å². The van der Waals surface area contributed by atoms with Crippen LogP contribution in [-0.2, 0) is 5.75 Å². The van der Waals surface area contributed by atoms with Gasteiger partial charge in [-0.05, 0) is 39.7 Å². The van der Waals surface area contributed by atoms with Crippen molar-refractivity contribution < 1.29 is 0 Å². The molecule has 0 aliphatic heterocycles. The fraction of sp³-hybridized carbons (Fsp3) is 0.133. The van der Waals surface area contributed by atoms with Crippen molar-refractivity contribution in [1.82, 2.24) is 4.98 Å². The Kier molecular flexibility index (Phi) is 5.46. The van der Waals surface area contributed by atoms with Crippen LogP contribution in [0.2, 0.25) is 0 Å². The molecule has 0 bridgehead atoms. The molecule has 0 amide bonds. The molecule has 0 aliphatic carbocycles. The monoisotopic (exact) mass is 332 g/mol. The van der Waals surface area contributed by atoms with E-state index < -0.39 is 0 Å². The highest BCUT2D eigenvalue weighted by molar-refractivity contribution is 9.10. The highest BCUT2D eigenvalue weighted by Crippen LogP contribution is 2.23. The Labute approximate surface area is 125 Å². The zero-order valence-corrected chi connectivity index (χ0v) is 12.7. The third kappa shape index (κ3) is 4.39. The minimum atomic E-state index is 0.385. The van der Waals surface area contributed by atoms with Crippen molar-refractivity contribution in [2.75, 3.05) is 6.54 Å². The van der Waals surface area contributed by atoms with Crippen LogP contribution in [-0.4, -0.2) is 11.5 Å². The predicted molar refractivity (Wildman–Crippen MR) is 83.9 cm³/mol. The van der Waals surface area contributed by atoms with Gasteiger partial charge in [-0.25, -0.2) is 4.98 Å². The first-order valence-corrected chi connectivity index (χ1v) is 7.58. The molecule has 2 nitrogen and oxygen atoms in total. The molecule has 0 spiro atoms. The van der Waals surface area contributed by atoms with Crippen molar-refractivity contribution >= 4 is 27.7 Å². The summed E-state index contributed by atoms with van der Waals surface area (Å²) in [6.07, 6.45) is 1.81. The molecule has 2 N–H and O–H groups in total. The average molecular weight is 333 g/mol. The predicted octanol–water partition coefficient (Wildman–Crippen LogP) is 3.45. The fourth-order valence-corrected chi connectivity index (χ4v) is 2.59. The largest absolute Gasteiger partial charge is 0.320 e. The van der Waals surface area contributed by atoms with Crippen molar-refractivity contribution in [2.45, 2.75) is 10.8 Å². The highest BCUT2D eigenvalue weighted by Gasteiger charge is 2.01. The second-order valence-corrected chi connectivity index (χ2v) is 5.68.